The number of hydrogen-bond donors (Lipinski definition) is 2. The first-order valence-corrected chi connectivity index (χ1v) is 9.52. The molecule has 0 radical (unpaired) electrons. The first-order valence-electron chi connectivity index (χ1n) is 7.87. The molecule has 1 amide bonds. The van der Waals surface area contributed by atoms with E-state index in [1.807, 2.05) is 0 Å². The topological polar surface area (TPSA) is 101 Å². The van der Waals surface area contributed by atoms with E-state index in [1.54, 1.807) is 42.6 Å². The fraction of sp³-hybridized carbons (Fsp3) is 0.235. The zero-order chi connectivity index (χ0) is 17.7. The molecule has 0 saturated heterocycles. The Hall–Kier alpha value is -2.74. The first kappa shape index (κ1) is 17.1. The molecule has 1 aromatic heterocycles. The number of aromatic nitrogens is 2. The van der Waals surface area contributed by atoms with Crippen molar-refractivity contribution in [2.24, 2.45) is 0 Å². The van der Waals surface area contributed by atoms with E-state index in [0.717, 1.165) is 5.56 Å². The minimum absolute atomic E-state index is 0.0545. The van der Waals surface area contributed by atoms with Crippen LogP contribution in [-0.2, 0) is 14.6 Å². The lowest BCUT2D eigenvalue weighted by Crippen LogP contribution is -2.30. The Morgan fingerprint density at radius 3 is 2.84 bits per heavy atom. The van der Waals surface area contributed by atoms with Crippen molar-refractivity contribution in [3.63, 3.8) is 0 Å². The molecule has 8 heteroatoms. The van der Waals surface area contributed by atoms with Crippen LogP contribution in [0.2, 0.25) is 0 Å². The van der Waals surface area contributed by atoms with Crippen molar-refractivity contribution in [2.75, 3.05) is 24.2 Å². The molecule has 0 saturated carbocycles. The van der Waals surface area contributed by atoms with Crippen molar-refractivity contribution in [1.29, 1.82) is 0 Å². The van der Waals surface area contributed by atoms with Gasteiger partial charge in [-0.1, -0.05) is 18.2 Å². The number of nitrogens with one attached hydrogen (secondary N) is 2. The summed E-state index contributed by atoms with van der Waals surface area (Å²) in [5.74, 6) is 0.264. The van der Waals surface area contributed by atoms with Gasteiger partial charge < -0.3 is 10.6 Å². The second kappa shape index (κ2) is 7.43. The second-order valence-corrected chi connectivity index (χ2v) is 7.67. The van der Waals surface area contributed by atoms with Crippen molar-refractivity contribution in [2.45, 2.75) is 11.3 Å². The standard InChI is InChI=1S/C17H18N4O3S/c22-17(13-6-7-19-16-14(10-13)11-18-12-21-16)20-8-9-25(23,24)15-4-2-1-3-5-15/h1-5,10-12H,6-9H2,(H,20,22)(H,18,19,21). The van der Waals surface area contributed by atoms with Gasteiger partial charge in [-0.05, 0) is 24.6 Å². The van der Waals surface area contributed by atoms with Crippen molar-refractivity contribution in [3.05, 3.63) is 54.0 Å². The third-order valence-corrected chi connectivity index (χ3v) is 5.54. The smallest absolute Gasteiger partial charge is 0.247 e. The van der Waals surface area contributed by atoms with Crippen LogP contribution in [0.1, 0.15) is 12.0 Å². The van der Waals surface area contributed by atoms with Gasteiger partial charge in [-0.25, -0.2) is 18.4 Å². The minimum Gasteiger partial charge on any atom is -0.369 e. The third kappa shape index (κ3) is 4.21. The molecule has 0 spiro atoms. The molecule has 2 aromatic rings. The molecule has 0 atom stereocenters. The number of nitrogens with zero attached hydrogens (tertiary/aromatic N) is 2. The van der Waals surface area contributed by atoms with Gasteiger partial charge in [-0.3, -0.25) is 4.79 Å². The number of rotatable bonds is 5. The molecule has 0 aliphatic carbocycles. The SMILES string of the molecule is O=C(NCCS(=O)(=O)c1ccccc1)C1=Cc2cncnc2NCC1. The van der Waals surface area contributed by atoms with Crippen LogP contribution in [0.3, 0.4) is 0 Å². The highest BCUT2D eigenvalue weighted by atomic mass is 32.2. The van der Waals surface area contributed by atoms with Gasteiger partial charge in [0, 0.05) is 30.4 Å². The molecule has 2 heterocycles. The molecule has 0 unspecified atom stereocenters. The summed E-state index contributed by atoms with van der Waals surface area (Å²) < 4.78 is 24.4. The van der Waals surface area contributed by atoms with Crippen molar-refractivity contribution in [1.82, 2.24) is 15.3 Å². The van der Waals surface area contributed by atoms with Crippen molar-refractivity contribution >= 4 is 27.6 Å². The summed E-state index contributed by atoms with van der Waals surface area (Å²) in [6.07, 6.45) is 5.33. The van der Waals surface area contributed by atoms with Crippen molar-refractivity contribution in [3.8, 4) is 0 Å². The average Bonchev–Trinajstić information content (AvgIpc) is 2.84. The number of carbonyl (C=O) groups is 1. The van der Waals surface area contributed by atoms with Crippen molar-refractivity contribution < 1.29 is 13.2 Å². The largest absolute Gasteiger partial charge is 0.369 e. The van der Waals surface area contributed by atoms with Gasteiger partial charge in [-0.2, -0.15) is 0 Å². The fourth-order valence-corrected chi connectivity index (χ4v) is 3.68. The lowest BCUT2D eigenvalue weighted by atomic mass is 10.1. The number of benzene rings is 1. The van der Waals surface area contributed by atoms with E-state index in [0.29, 0.717) is 24.4 Å². The van der Waals surface area contributed by atoms with Gasteiger partial charge >= 0.3 is 0 Å². The molecule has 130 valence electrons. The number of fused-ring (bicyclic) bond motifs is 1. The van der Waals surface area contributed by atoms with Crippen LogP contribution in [-0.4, -0.2) is 43.1 Å². The minimum atomic E-state index is -3.41. The molecule has 0 bridgehead atoms. The third-order valence-electron chi connectivity index (χ3n) is 3.81. The van der Waals surface area contributed by atoms with E-state index in [2.05, 4.69) is 20.6 Å². The Bertz CT molecular complexity index is 895. The van der Waals surface area contributed by atoms with Crippen LogP contribution in [0.5, 0.6) is 0 Å². The van der Waals surface area contributed by atoms with Crippen LogP contribution in [0.25, 0.3) is 6.08 Å². The molecule has 1 aromatic carbocycles. The summed E-state index contributed by atoms with van der Waals surface area (Å²) >= 11 is 0. The highest BCUT2D eigenvalue weighted by Gasteiger charge is 2.17. The highest BCUT2D eigenvalue weighted by molar-refractivity contribution is 7.91. The number of anilines is 1. The Morgan fingerprint density at radius 2 is 2.04 bits per heavy atom. The Morgan fingerprint density at radius 1 is 1.24 bits per heavy atom. The van der Waals surface area contributed by atoms with E-state index >= 15 is 0 Å². The van der Waals surface area contributed by atoms with Crippen LogP contribution < -0.4 is 10.6 Å². The van der Waals surface area contributed by atoms with Gasteiger partial charge in [-0.15, -0.1) is 0 Å². The fourth-order valence-electron chi connectivity index (χ4n) is 2.51. The highest BCUT2D eigenvalue weighted by Crippen LogP contribution is 2.20. The maximum atomic E-state index is 12.3. The summed E-state index contributed by atoms with van der Waals surface area (Å²) in [5, 5.41) is 5.81. The normalized spacial score (nSPS) is 13.8. The maximum absolute atomic E-state index is 12.3. The Kier molecular flexibility index (Phi) is 5.08. The van der Waals surface area contributed by atoms with Crippen LogP contribution in [0, 0.1) is 0 Å². The molecule has 0 fully saturated rings. The molecule has 25 heavy (non-hydrogen) atoms. The molecule has 1 aliphatic rings. The number of hydrogen-bond acceptors (Lipinski definition) is 6. The van der Waals surface area contributed by atoms with Gasteiger partial charge in [0.25, 0.3) is 0 Å². The zero-order valence-corrected chi connectivity index (χ0v) is 14.3. The number of sulfone groups is 1. The summed E-state index contributed by atoms with van der Waals surface area (Å²) in [7, 11) is -3.41. The Balaban J connectivity index is 1.63. The van der Waals surface area contributed by atoms with Crippen LogP contribution in [0.4, 0.5) is 5.82 Å². The van der Waals surface area contributed by atoms with Gasteiger partial charge in [0.15, 0.2) is 9.84 Å². The summed E-state index contributed by atoms with van der Waals surface area (Å²) in [4.78, 5) is 20.7. The monoisotopic (exact) mass is 358 g/mol. The summed E-state index contributed by atoms with van der Waals surface area (Å²) in [6, 6.07) is 8.21. The number of carbonyl (C=O) groups excluding carboxylic acids is 1. The first-order chi connectivity index (χ1) is 12.1. The summed E-state index contributed by atoms with van der Waals surface area (Å²) in [6.45, 7) is 0.630. The maximum Gasteiger partial charge on any atom is 0.247 e. The van der Waals surface area contributed by atoms with Gasteiger partial charge in [0.2, 0.25) is 5.91 Å². The Labute approximate surface area is 146 Å². The van der Waals surface area contributed by atoms with Crippen LogP contribution >= 0.6 is 0 Å². The van der Waals surface area contributed by atoms with E-state index in [-0.39, 0.29) is 23.1 Å². The predicted molar refractivity (Wildman–Crippen MR) is 94.6 cm³/mol. The van der Waals surface area contributed by atoms with E-state index in [1.165, 1.54) is 6.33 Å². The van der Waals surface area contributed by atoms with Gasteiger partial charge in [0.05, 0.1) is 10.6 Å². The zero-order valence-electron chi connectivity index (χ0n) is 13.5. The average molecular weight is 358 g/mol. The predicted octanol–water partition coefficient (Wildman–Crippen LogP) is 1.27. The van der Waals surface area contributed by atoms with E-state index < -0.39 is 9.84 Å². The van der Waals surface area contributed by atoms with E-state index in [4.69, 9.17) is 0 Å². The van der Waals surface area contributed by atoms with E-state index in [9.17, 15) is 13.2 Å². The second-order valence-electron chi connectivity index (χ2n) is 5.56. The molecule has 2 N–H and O–H groups in total. The molecular weight excluding hydrogens is 340 g/mol. The molecule has 3 rings (SSSR count). The molecule has 1 aliphatic heterocycles. The van der Waals surface area contributed by atoms with Gasteiger partial charge in [0.1, 0.15) is 12.1 Å². The lowest BCUT2D eigenvalue weighted by molar-refractivity contribution is -0.117. The van der Waals surface area contributed by atoms with Crippen LogP contribution in [0.15, 0.2) is 53.3 Å². The molecular formula is C17H18N4O3S. The quantitative estimate of drug-likeness (QED) is 0.835. The number of amides is 1. The lowest BCUT2D eigenvalue weighted by Gasteiger charge is -2.08. The summed E-state index contributed by atoms with van der Waals surface area (Å²) in [5.41, 5.74) is 1.31. The molecule has 7 nitrogen and oxygen atoms in total.